The van der Waals surface area contributed by atoms with Gasteiger partial charge in [-0.1, -0.05) is 39.0 Å². The molecule has 27 heavy (non-hydrogen) atoms. The molecule has 0 aromatic rings. The monoisotopic (exact) mass is 378 g/mol. The average Bonchev–Trinajstić information content (AvgIpc) is 3.16. The quantitative estimate of drug-likeness (QED) is 0.518. The molecule has 2 saturated carbocycles. The zero-order chi connectivity index (χ0) is 19.3. The van der Waals surface area contributed by atoms with E-state index in [9.17, 15) is 9.90 Å². The van der Waals surface area contributed by atoms with Crippen molar-refractivity contribution >= 4 is 11.9 Å². The van der Waals surface area contributed by atoms with E-state index in [1.54, 1.807) is 7.05 Å². The Balaban J connectivity index is 1.45. The molecule has 1 aliphatic heterocycles. The molecule has 1 heterocycles. The Morgan fingerprint density at radius 3 is 2.59 bits per heavy atom. The Morgan fingerprint density at radius 2 is 1.89 bits per heavy atom. The third-order valence-electron chi connectivity index (χ3n) is 6.96. The first-order chi connectivity index (χ1) is 13.0. The van der Waals surface area contributed by atoms with Crippen LogP contribution in [0.2, 0.25) is 0 Å². The molecule has 2 aliphatic carbocycles. The molecule has 0 radical (unpaired) electrons. The Hall–Kier alpha value is -1.30. The molecule has 1 saturated heterocycles. The fourth-order valence-corrected chi connectivity index (χ4v) is 4.95. The molecule has 0 spiro atoms. The maximum atomic E-state index is 12.7. The highest BCUT2D eigenvalue weighted by atomic mass is 16.3. The highest BCUT2D eigenvalue weighted by Crippen LogP contribution is 2.35. The highest BCUT2D eigenvalue weighted by Gasteiger charge is 2.36. The van der Waals surface area contributed by atoms with Crippen LogP contribution >= 0.6 is 0 Å². The number of amides is 1. The fourth-order valence-electron chi connectivity index (χ4n) is 4.95. The molecular weight excluding hydrogens is 340 g/mol. The van der Waals surface area contributed by atoms with Crippen LogP contribution in [0.3, 0.4) is 0 Å². The van der Waals surface area contributed by atoms with Crippen molar-refractivity contribution in [3.05, 3.63) is 0 Å². The summed E-state index contributed by atoms with van der Waals surface area (Å²) in [5.41, 5.74) is -0.0888. The predicted molar refractivity (Wildman–Crippen MR) is 109 cm³/mol. The van der Waals surface area contributed by atoms with Gasteiger partial charge in [-0.3, -0.25) is 9.79 Å². The van der Waals surface area contributed by atoms with Gasteiger partial charge in [0.1, 0.15) is 0 Å². The van der Waals surface area contributed by atoms with Crippen LogP contribution < -0.4 is 10.6 Å². The number of carbonyl (C=O) groups excluding carboxylic acids is 1. The number of aliphatic hydroxyl groups excluding tert-OH is 1. The Kier molecular flexibility index (Phi) is 7.01. The van der Waals surface area contributed by atoms with E-state index in [1.165, 1.54) is 25.7 Å². The normalized spacial score (nSPS) is 33.1. The minimum Gasteiger partial charge on any atom is -0.392 e. The van der Waals surface area contributed by atoms with E-state index < -0.39 is 0 Å². The summed E-state index contributed by atoms with van der Waals surface area (Å²) in [6.45, 7) is 4.51. The molecule has 0 aromatic heterocycles. The van der Waals surface area contributed by atoms with E-state index >= 15 is 0 Å². The van der Waals surface area contributed by atoms with Crippen LogP contribution in [0.15, 0.2) is 4.99 Å². The Morgan fingerprint density at radius 1 is 1.15 bits per heavy atom. The standard InChI is InChI=1S/C21H38N4O2/c1-21(12-7-6-10-18(21)26)15-23-20(22-2)24-17-11-13-25(14-17)19(27)16-8-4-3-5-9-16/h16-18,26H,3-15H2,1-2H3,(H2,22,23,24). The van der Waals surface area contributed by atoms with Crippen molar-refractivity contribution < 1.29 is 9.90 Å². The third-order valence-corrected chi connectivity index (χ3v) is 6.96. The summed E-state index contributed by atoms with van der Waals surface area (Å²) < 4.78 is 0. The molecule has 3 unspecified atom stereocenters. The number of carbonyl (C=O) groups is 1. The van der Waals surface area contributed by atoms with Crippen molar-refractivity contribution in [2.24, 2.45) is 16.3 Å². The van der Waals surface area contributed by atoms with Crippen LogP contribution in [0.5, 0.6) is 0 Å². The molecule has 3 fully saturated rings. The van der Waals surface area contributed by atoms with Gasteiger partial charge < -0.3 is 20.6 Å². The zero-order valence-corrected chi connectivity index (χ0v) is 17.2. The second kappa shape index (κ2) is 9.26. The first-order valence-corrected chi connectivity index (χ1v) is 11.0. The van der Waals surface area contributed by atoms with Crippen LogP contribution in [0.1, 0.15) is 71.1 Å². The first-order valence-electron chi connectivity index (χ1n) is 11.0. The first kappa shape index (κ1) is 20.4. The minimum absolute atomic E-state index is 0.0888. The van der Waals surface area contributed by atoms with Gasteiger partial charge >= 0.3 is 0 Å². The number of hydrogen-bond acceptors (Lipinski definition) is 3. The molecule has 3 aliphatic rings. The summed E-state index contributed by atoms with van der Waals surface area (Å²) in [6.07, 6.45) is 10.8. The smallest absolute Gasteiger partial charge is 0.225 e. The van der Waals surface area contributed by atoms with Crippen molar-refractivity contribution in [2.75, 3.05) is 26.7 Å². The molecule has 3 atom stereocenters. The van der Waals surface area contributed by atoms with Crippen LogP contribution in [0.25, 0.3) is 0 Å². The molecule has 3 N–H and O–H groups in total. The number of likely N-dealkylation sites (tertiary alicyclic amines) is 1. The lowest BCUT2D eigenvalue weighted by Gasteiger charge is -2.39. The van der Waals surface area contributed by atoms with E-state index in [0.717, 1.165) is 64.1 Å². The number of guanidine groups is 1. The molecular formula is C21H38N4O2. The van der Waals surface area contributed by atoms with Gasteiger partial charge in [-0.05, 0) is 32.1 Å². The van der Waals surface area contributed by atoms with E-state index in [1.807, 2.05) is 4.90 Å². The van der Waals surface area contributed by atoms with Crippen molar-refractivity contribution in [1.82, 2.24) is 15.5 Å². The van der Waals surface area contributed by atoms with Gasteiger partial charge in [0.25, 0.3) is 0 Å². The lowest BCUT2D eigenvalue weighted by atomic mass is 9.73. The SMILES string of the molecule is CN=C(NCC1(C)CCCCC1O)NC1CCN(C(=O)C2CCCCC2)C1. The van der Waals surface area contributed by atoms with Crippen molar-refractivity contribution in [2.45, 2.75) is 83.3 Å². The summed E-state index contributed by atoms with van der Waals surface area (Å²) in [5.74, 6) is 1.40. The van der Waals surface area contributed by atoms with Crippen molar-refractivity contribution in [1.29, 1.82) is 0 Å². The Bertz CT molecular complexity index is 532. The number of aliphatic imine (C=N–C) groups is 1. The molecule has 1 amide bonds. The van der Waals surface area contributed by atoms with Crippen LogP contribution in [-0.2, 0) is 4.79 Å². The van der Waals surface area contributed by atoms with E-state index in [-0.39, 0.29) is 23.5 Å². The van der Waals surface area contributed by atoms with Gasteiger partial charge in [-0.2, -0.15) is 0 Å². The molecule has 6 nitrogen and oxygen atoms in total. The minimum atomic E-state index is -0.244. The summed E-state index contributed by atoms with van der Waals surface area (Å²) in [7, 11) is 1.79. The van der Waals surface area contributed by atoms with Crippen molar-refractivity contribution in [3.63, 3.8) is 0 Å². The third kappa shape index (κ3) is 5.15. The van der Waals surface area contributed by atoms with Gasteiger partial charge in [-0.15, -0.1) is 0 Å². The number of aliphatic hydroxyl groups is 1. The largest absolute Gasteiger partial charge is 0.392 e. The number of nitrogens with zero attached hydrogens (tertiary/aromatic N) is 2. The lowest BCUT2D eigenvalue weighted by Crippen LogP contribution is -2.51. The van der Waals surface area contributed by atoms with Gasteiger partial charge in [0.2, 0.25) is 5.91 Å². The van der Waals surface area contributed by atoms with Crippen LogP contribution in [-0.4, -0.2) is 60.7 Å². The van der Waals surface area contributed by atoms with Crippen LogP contribution in [0, 0.1) is 11.3 Å². The van der Waals surface area contributed by atoms with Gasteiger partial charge in [0, 0.05) is 44.1 Å². The number of hydrogen-bond donors (Lipinski definition) is 3. The van der Waals surface area contributed by atoms with Crippen LogP contribution in [0.4, 0.5) is 0 Å². The zero-order valence-electron chi connectivity index (χ0n) is 17.2. The van der Waals surface area contributed by atoms with Crippen molar-refractivity contribution in [3.8, 4) is 0 Å². The summed E-state index contributed by atoms with van der Waals surface area (Å²) >= 11 is 0. The molecule has 3 rings (SSSR count). The molecule has 0 aromatic carbocycles. The molecule has 6 heteroatoms. The number of rotatable bonds is 4. The van der Waals surface area contributed by atoms with Gasteiger partial charge in [0.05, 0.1) is 6.10 Å². The lowest BCUT2D eigenvalue weighted by molar-refractivity contribution is -0.135. The molecule has 0 bridgehead atoms. The summed E-state index contributed by atoms with van der Waals surface area (Å²) in [6, 6.07) is 0.257. The summed E-state index contributed by atoms with van der Waals surface area (Å²) in [5, 5.41) is 17.3. The average molecular weight is 379 g/mol. The number of nitrogens with one attached hydrogen (secondary N) is 2. The van der Waals surface area contributed by atoms with Gasteiger partial charge in [-0.25, -0.2) is 0 Å². The van der Waals surface area contributed by atoms with Gasteiger partial charge in [0.15, 0.2) is 5.96 Å². The van der Waals surface area contributed by atoms with E-state index in [0.29, 0.717) is 5.91 Å². The highest BCUT2D eigenvalue weighted by molar-refractivity contribution is 5.81. The predicted octanol–water partition coefficient (Wildman–Crippen LogP) is 2.27. The summed E-state index contributed by atoms with van der Waals surface area (Å²) in [4.78, 5) is 19.1. The topological polar surface area (TPSA) is 77.0 Å². The van der Waals surface area contributed by atoms with E-state index in [2.05, 4.69) is 22.5 Å². The maximum absolute atomic E-state index is 12.7. The fraction of sp³-hybridized carbons (Fsp3) is 0.905. The second-order valence-corrected chi connectivity index (χ2v) is 9.09. The second-order valence-electron chi connectivity index (χ2n) is 9.09. The van der Waals surface area contributed by atoms with E-state index in [4.69, 9.17) is 0 Å². The maximum Gasteiger partial charge on any atom is 0.225 e. The molecule has 154 valence electrons. The Labute approximate surface area is 164 Å².